The minimum Gasteiger partial charge on any atom is -0.490 e. The molecule has 1 aliphatic heterocycles. The quantitative estimate of drug-likeness (QED) is 0.519. The molecular formula is C26H32ClNO3. The number of ether oxygens (including phenoxy) is 2. The van der Waals surface area contributed by atoms with Crippen LogP contribution >= 0.6 is 11.6 Å². The molecule has 5 heteroatoms. The average molecular weight is 442 g/mol. The van der Waals surface area contributed by atoms with Crippen molar-refractivity contribution in [3.8, 4) is 11.5 Å². The van der Waals surface area contributed by atoms with Gasteiger partial charge in [-0.3, -0.25) is 9.69 Å². The van der Waals surface area contributed by atoms with E-state index in [-0.39, 0.29) is 11.7 Å². The molecule has 0 amide bonds. The van der Waals surface area contributed by atoms with Crippen LogP contribution in [0.3, 0.4) is 0 Å². The molecule has 1 unspecified atom stereocenters. The first-order valence-corrected chi connectivity index (χ1v) is 11.9. The number of Topliss-reactive ketones (excluding diaryl/α,β-unsaturated/α-hetero) is 1. The summed E-state index contributed by atoms with van der Waals surface area (Å²) in [4.78, 5) is 15.6. The Morgan fingerprint density at radius 2 is 1.71 bits per heavy atom. The van der Waals surface area contributed by atoms with Crippen LogP contribution in [0.1, 0.15) is 54.6 Å². The Kier molecular flexibility index (Phi) is 7.19. The third-order valence-corrected chi connectivity index (χ3v) is 6.92. The largest absolute Gasteiger partial charge is 0.490 e. The fraction of sp³-hybridized carbons (Fsp3) is 0.500. The van der Waals surface area contributed by atoms with Gasteiger partial charge in [-0.25, -0.2) is 0 Å². The number of fused-ring (bicyclic) bond motifs is 1. The second kappa shape index (κ2) is 10.1. The minimum atomic E-state index is 0.0847. The summed E-state index contributed by atoms with van der Waals surface area (Å²) in [5.74, 6) is 2.40. The van der Waals surface area contributed by atoms with Gasteiger partial charge in [-0.15, -0.1) is 0 Å². The third-order valence-electron chi connectivity index (χ3n) is 6.55. The summed E-state index contributed by atoms with van der Waals surface area (Å²) < 4.78 is 11.5. The van der Waals surface area contributed by atoms with E-state index >= 15 is 0 Å². The highest BCUT2D eigenvalue weighted by atomic mass is 35.5. The molecule has 0 saturated carbocycles. The Morgan fingerprint density at radius 1 is 1.03 bits per heavy atom. The number of ketones is 1. The van der Waals surface area contributed by atoms with Gasteiger partial charge in [0, 0.05) is 23.0 Å². The molecule has 2 aliphatic rings. The molecule has 4 nitrogen and oxygen atoms in total. The molecule has 1 heterocycles. The van der Waals surface area contributed by atoms with Gasteiger partial charge in [0.1, 0.15) is 0 Å². The molecule has 1 saturated heterocycles. The van der Waals surface area contributed by atoms with Crippen molar-refractivity contribution in [2.75, 3.05) is 26.3 Å². The first-order chi connectivity index (χ1) is 15.1. The van der Waals surface area contributed by atoms with Crippen LogP contribution in [-0.2, 0) is 13.0 Å². The van der Waals surface area contributed by atoms with Crippen LogP contribution in [0, 0.1) is 11.8 Å². The Balaban J connectivity index is 1.35. The van der Waals surface area contributed by atoms with Crippen molar-refractivity contribution >= 4 is 17.4 Å². The van der Waals surface area contributed by atoms with Crippen molar-refractivity contribution in [3.05, 3.63) is 58.1 Å². The van der Waals surface area contributed by atoms with E-state index in [2.05, 4.69) is 11.0 Å². The van der Waals surface area contributed by atoms with E-state index in [4.69, 9.17) is 21.1 Å². The molecule has 31 heavy (non-hydrogen) atoms. The van der Waals surface area contributed by atoms with Crippen LogP contribution in [0.15, 0.2) is 36.4 Å². The van der Waals surface area contributed by atoms with Crippen molar-refractivity contribution < 1.29 is 14.3 Å². The van der Waals surface area contributed by atoms with Crippen molar-refractivity contribution in [2.24, 2.45) is 11.8 Å². The van der Waals surface area contributed by atoms with E-state index in [1.807, 2.05) is 44.2 Å². The first kappa shape index (κ1) is 22.2. The SMILES string of the molecule is CCOc1cc2c(cc1OCC)C(=O)C(CC1CCN(Cc3ccccc3Cl)CC1)C2. The summed E-state index contributed by atoms with van der Waals surface area (Å²) in [6, 6.07) is 12.0. The number of hydrogen-bond donors (Lipinski definition) is 0. The summed E-state index contributed by atoms with van der Waals surface area (Å²) in [7, 11) is 0. The number of likely N-dealkylation sites (tertiary alicyclic amines) is 1. The zero-order chi connectivity index (χ0) is 21.8. The molecule has 0 bridgehead atoms. The second-order valence-electron chi connectivity index (χ2n) is 8.63. The Labute approximate surface area is 190 Å². The summed E-state index contributed by atoms with van der Waals surface area (Å²) >= 11 is 6.33. The van der Waals surface area contributed by atoms with Gasteiger partial charge in [-0.05, 0) is 87.9 Å². The van der Waals surface area contributed by atoms with Gasteiger partial charge in [0.05, 0.1) is 13.2 Å². The topological polar surface area (TPSA) is 38.8 Å². The summed E-state index contributed by atoms with van der Waals surface area (Å²) in [5, 5.41) is 0.844. The Bertz CT molecular complexity index is 921. The molecule has 2 aromatic carbocycles. The van der Waals surface area contributed by atoms with E-state index in [0.29, 0.717) is 24.9 Å². The highest BCUT2D eigenvalue weighted by molar-refractivity contribution is 6.31. The normalized spacial score (nSPS) is 19.5. The van der Waals surface area contributed by atoms with Crippen LogP contribution in [-0.4, -0.2) is 37.0 Å². The summed E-state index contributed by atoms with van der Waals surface area (Å²) in [5.41, 5.74) is 3.13. The lowest BCUT2D eigenvalue weighted by molar-refractivity contribution is 0.0895. The van der Waals surface area contributed by atoms with Crippen molar-refractivity contribution in [3.63, 3.8) is 0 Å². The maximum Gasteiger partial charge on any atom is 0.166 e. The van der Waals surface area contributed by atoms with Crippen LogP contribution in [0.5, 0.6) is 11.5 Å². The molecular weight excluding hydrogens is 410 g/mol. The zero-order valence-corrected chi connectivity index (χ0v) is 19.3. The number of carbonyl (C=O) groups is 1. The van der Waals surface area contributed by atoms with Gasteiger partial charge >= 0.3 is 0 Å². The maximum absolute atomic E-state index is 13.1. The Morgan fingerprint density at radius 3 is 2.39 bits per heavy atom. The van der Waals surface area contributed by atoms with Crippen molar-refractivity contribution in [1.29, 1.82) is 0 Å². The van der Waals surface area contributed by atoms with Gasteiger partial charge in [0.2, 0.25) is 0 Å². The standard InChI is InChI=1S/C26H32ClNO3/c1-3-30-24-15-20-14-21(26(29)22(20)16-25(24)31-4-2)13-18-9-11-28(12-10-18)17-19-7-5-6-8-23(19)27/h5-8,15-16,18,21H,3-4,9-14,17H2,1-2H3. The fourth-order valence-electron chi connectivity index (χ4n) is 4.96. The van der Waals surface area contributed by atoms with Crippen LogP contribution in [0.4, 0.5) is 0 Å². The third kappa shape index (κ3) is 5.07. The lowest BCUT2D eigenvalue weighted by Gasteiger charge is -2.33. The van der Waals surface area contributed by atoms with E-state index in [0.717, 1.165) is 67.2 Å². The molecule has 0 spiro atoms. The second-order valence-corrected chi connectivity index (χ2v) is 9.04. The van der Waals surface area contributed by atoms with Gasteiger partial charge in [-0.1, -0.05) is 29.8 Å². The summed E-state index contributed by atoms with van der Waals surface area (Å²) in [6.07, 6.45) is 4.07. The monoisotopic (exact) mass is 441 g/mol. The lowest BCUT2D eigenvalue weighted by Crippen LogP contribution is -2.34. The van der Waals surface area contributed by atoms with E-state index in [9.17, 15) is 4.79 Å². The minimum absolute atomic E-state index is 0.0847. The molecule has 4 rings (SSSR count). The van der Waals surface area contributed by atoms with Crippen LogP contribution in [0.2, 0.25) is 5.02 Å². The average Bonchev–Trinajstić information content (AvgIpc) is 3.06. The van der Waals surface area contributed by atoms with Crippen molar-refractivity contribution in [1.82, 2.24) is 4.90 Å². The molecule has 1 atom stereocenters. The highest BCUT2D eigenvalue weighted by Crippen LogP contribution is 2.40. The van der Waals surface area contributed by atoms with Crippen LogP contribution < -0.4 is 9.47 Å². The van der Waals surface area contributed by atoms with Gasteiger partial charge in [-0.2, -0.15) is 0 Å². The predicted octanol–water partition coefficient (Wildman–Crippen LogP) is 5.79. The molecule has 0 radical (unpaired) electrons. The smallest absolute Gasteiger partial charge is 0.166 e. The number of halogens is 1. The number of piperidine rings is 1. The number of benzene rings is 2. The molecule has 0 N–H and O–H groups in total. The van der Waals surface area contributed by atoms with Gasteiger partial charge in [0.15, 0.2) is 17.3 Å². The molecule has 1 fully saturated rings. The maximum atomic E-state index is 13.1. The Hall–Kier alpha value is -2.04. The fourth-order valence-corrected chi connectivity index (χ4v) is 5.15. The van der Waals surface area contributed by atoms with E-state index in [1.165, 1.54) is 5.56 Å². The van der Waals surface area contributed by atoms with Gasteiger partial charge < -0.3 is 9.47 Å². The molecule has 1 aliphatic carbocycles. The number of rotatable bonds is 8. The van der Waals surface area contributed by atoms with Crippen molar-refractivity contribution in [2.45, 2.75) is 46.1 Å². The lowest BCUT2D eigenvalue weighted by atomic mass is 9.85. The predicted molar refractivity (Wildman–Crippen MR) is 124 cm³/mol. The van der Waals surface area contributed by atoms with Crippen LogP contribution in [0.25, 0.3) is 0 Å². The van der Waals surface area contributed by atoms with E-state index in [1.54, 1.807) is 0 Å². The van der Waals surface area contributed by atoms with Gasteiger partial charge in [0.25, 0.3) is 0 Å². The number of hydrogen-bond acceptors (Lipinski definition) is 4. The zero-order valence-electron chi connectivity index (χ0n) is 18.5. The van der Waals surface area contributed by atoms with E-state index < -0.39 is 0 Å². The first-order valence-electron chi connectivity index (χ1n) is 11.5. The summed E-state index contributed by atoms with van der Waals surface area (Å²) in [6.45, 7) is 8.09. The number of nitrogens with zero attached hydrogens (tertiary/aromatic N) is 1. The molecule has 2 aromatic rings. The number of carbonyl (C=O) groups excluding carboxylic acids is 1. The molecule has 0 aromatic heterocycles. The highest BCUT2D eigenvalue weighted by Gasteiger charge is 2.34. The molecule has 166 valence electrons.